The van der Waals surface area contributed by atoms with E-state index in [4.69, 9.17) is 5.11 Å². The van der Waals surface area contributed by atoms with Gasteiger partial charge in [0.1, 0.15) is 0 Å². The maximum Gasteiger partial charge on any atom is 0.272 e. The molecule has 0 heterocycles. The molecule has 1 N–H and O–H groups in total. The zero-order valence-corrected chi connectivity index (χ0v) is 6.05. The van der Waals surface area contributed by atoms with Crippen molar-refractivity contribution < 1.29 is 9.84 Å². The molecular weight excluding hydrogens is 116 g/mol. The highest BCUT2D eigenvalue weighted by atomic mass is 16.6. The molecule has 2 nitrogen and oxygen atoms in total. The molecule has 0 fully saturated rings. The van der Waals surface area contributed by atoms with E-state index in [0.717, 1.165) is 19.3 Å². The van der Waals surface area contributed by atoms with Crippen molar-refractivity contribution in [1.29, 1.82) is 0 Å². The van der Waals surface area contributed by atoms with Gasteiger partial charge in [0.2, 0.25) is 0 Å². The predicted molar refractivity (Wildman–Crippen MR) is 37.2 cm³/mol. The van der Waals surface area contributed by atoms with Crippen LogP contribution in [0.5, 0.6) is 0 Å². The minimum Gasteiger partial charge on any atom is -0.481 e. The normalized spacial score (nSPS) is 11.6. The first-order valence-corrected chi connectivity index (χ1v) is 3.24. The topological polar surface area (TPSA) is 29.5 Å². The van der Waals surface area contributed by atoms with Crippen LogP contribution in [0.1, 0.15) is 26.2 Å². The molecule has 9 heavy (non-hydrogen) atoms. The van der Waals surface area contributed by atoms with Gasteiger partial charge >= 0.3 is 0 Å². The van der Waals surface area contributed by atoms with Crippen LogP contribution in [0.25, 0.3) is 0 Å². The van der Waals surface area contributed by atoms with Crippen LogP contribution in [0.15, 0.2) is 12.0 Å². The number of hydrogen-bond acceptors (Lipinski definition) is 2. The van der Waals surface area contributed by atoms with Gasteiger partial charge in [0.05, 0.1) is 7.11 Å². The minimum atomic E-state index is 0.0310. The number of aliphatic hydroxyl groups is 1. The number of allylic oxidation sites excluding steroid dienone is 1. The monoisotopic (exact) mass is 130 g/mol. The van der Waals surface area contributed by atoms with Crippen LogP contribution in [0.2, 0.25) is 0 Å². The van der Waals surface area contributed by atoms with E-state index in [1.165, 1.54) is 7.11 Å². The number of methoxy groups -OCH3 is 1. The first-order valence-electron chi connectivity index (χ1n) is 3.24. The third-order valence-electron chi connectivity index (χ3n) is 1.09. The molecular formula is C7H14O2. The molecule has 0 aliphatic heterocycles. The summed E-state index contributed by atoms with van der Waals surface area (Å²) in [4.78, 5) is 0. The molecule has 0 rings (SSSR count). The summed E-state index contributed by atoms with van der Waals surface area (Å²) < 4.78 is 4.51. The van der Waals surface area contributed by atoms with Crippen LogP contribution < -0.4 is 0 Å². The van der Waals surface area contributed by atoms with Gasteiger partial charge in [0.15, 0.2) is 0 Å². The third kappa shape index (κ3) is 5.21. The number of rotatable bonds is 4. The standard InChI is InChI=1S/C7H14O2/c1-3-4-5-6-7(8)9-2/h6,8H,3-5H2,1-2H3/b7-6+. The Balaban J connectivity index is 3.21. The quantitative estimate of drug-likeness (QED) is 0.467. The second-order valence-electron chi connectivity index (χ2n) is 1.89. The molecule has 0 atom stereocenters. The Hall–Kier alpha value is -0.660. The lowest BCUT2D eigenvalue weighted by Gasteiger charge is -1.94. The summed E-state index contributed by atoms with van der Waals surface area (Å²) in [5.41, 5.74) is 0. The van der Waals surface area contributed by atoms with Crippen LogP contribution in [-0.2, 0) is 4.74 Å². The molecule has 0 aromatic carbocycles. The fourth-order valence-electron chi connectivity index (χ4n) is 0.513. The zero-order valence-electron chi connectivity index (χ0n) is 6.05. The summed E-state index contributed by atoms with van der Waals surface area (Å²) in [7, 11) is 1.46. The Morgan fingerprint density at radius 1 is 1.67 bits per heavy atom. The largest absolute Gasteiger partial charge is 0.481 e. The van der Waals surface area contributed by atoms with Gasteiger partial charge in [-0.15, -0.1) is 0 Å². The predicted octanol–water partition coefficient (Wildman–Crippen LogP) is 2.22. The lowest BCUT2D eigenvalue weighted by molar-refractivity contribution is 0.134. The molecule has 0 aromatic heterocycles. The molecule has 54 valence electrons. The van der Waals surface area contributed by atoms with Gasteiger partial charge in [-0.25, -0.2) is 0 Å². The SMILES string of the molecule is CCCC/C=C(\O)OC. The molecule has 0 amide bonds. The molecule has 0 bridgehead atoms. The van der Waals surface area contributed by atoms with E-state index in [1.807, 2.05) is 0 Å². The highest BCUT2D eigenvalue weighted by Crippen LogP contribution is 1.98. The van der Waals surface area contributed by atoms with E-state index >= 15 is 0 Å². The molecule has 0 aliphatic rings. The van der Waals surface area contributed by atoms with Crippen LogP contribution in [-0.4, -0.2) is 12.2 Å². The molecule has 0 saturated heterocycles. The van der Waals surface area contributed by atoms with Crippen molar-refractivity contribution in [3.05, 3.63) is 12.0 Å². The zero-order chi connectivity index (χ0) is 7.11. The molecule has 0 unspecified atom stereocenters. The number of aliphatic hydroxyl groups excluding tert-OH is 1. The van der Waals surface area contributed by atoms with Gasteiger partial charge in [-0.05, 0) is 18.9 Å². The van der Waals surface area contributed by atoms with E-state index in [2.05, 4.69) is 11.7 Å². The Morgan fingerprint density at radius 2 is 2.33 bits per heavy atom. The number of ether oxygens (including phenoxy) is 1. The second kappa shape index (κ2) is 5.48. The summed E-state index contributed by atoms with van der Waals surface area (Å²) in [6.07, 6.45) is 4.83. The second-order valence-corrected chi connectivity index (χ2v) is 1.89. The molecule has 0 aliphatic carbocycles. The van der Waals surface area contributed by atoms with Crippen molar-refractivity contribution in [3.63, 3.8) is 0 Å². The van der Waals surface area contributed by atoms with Crippen molar-refractivity contribution in [2.24, 2.45) is 0 Å². The van der Waals surface area contributed by atoms with Gasteiger partial charge in [-0.3, -0.25) is 0 Å². The Kier molecular flexibility index (Phi) is 5.07. The summed E-state index contributed by atoms with van der Waals surface area (Å²) in [6, 6.07) is 0. The fourth-order valence-corrected chi connectivity index (χ4v) is 0.513. The lowest BCUT2D eigenvalue weighted by atomic mass is 10.2. The lowest BCUT2D eigenvalue weighted by Crippen LogP contribution is -1.82. The average Bonchev–Trinajstić information content (AvgIpc) is 1.89. The average molecular weight is 130 g/mol. The third-order valence-corrected chi connectivity index (χ3v) is 1.09. The van der Waals surface area contributed by atoms with E-state index < -0.39 is 0 Å². The van der Waals surface area contributed by atoms with Gasteiger partial charge < -0.3 is 9.84 Å². The summed E-state index contributed by atoms with van der Waals surface area (Å²) in [5.74, 6) is 0.0310. The smallest absolute Gasteiger partial charge is 0.272 e. The minimum absolute atomic E-state index is 0.0310. The van der Waals surface area contributed by atoms with E-state index in [1.54, 1.807) is 6.08 Å². The summed E-state index contributed by atoms with van der Waals surface area (Å²) in [6.45, 7) is 2.11. The van der Waals surface area contributed by atoms with Gasteiger partial charge in [0, 0.05) is 0 Å². The summed E-state index contributed by atoms with van der Waals surface area (Å²) >= 11 is 0. The molecule has 0 aromatic rings. The van der Waals surface area contributed by atoms with E-state index in [9.17, 15) is 0 Å². The van der Waals surface area contributed by atoms with Crippen LogP contribution in [0, 0.1) is 0 Å². The van der Waals surface area contributed by atoms with Crippen molar-refractivity contribution in [2.75, 3.05) is 7.11 Å². The van der Waals surface area contributed by atoms with Gasteiger partial charge in [-0.1, -0.05) is 13.3 Å². The van der Waals surface area contributed by atoms with Crippen molar-refractivity contribution in [3.8, 4) is 0 Å². The highest BCUT2D eigenvalue weighted by molar-refractivity contribution is 4.80. The van der Waals surface area contributed by atoms with E-state index in [0.29, 0.717) is 0 Å². The maximum atomic E-state index is 8.72. The first kappa shape index (κ1) is 8.34. The molecule has 0 radical (unpaired) electrons. The van der Waals surface area contributed by atoms with Crippen molar-refractivity contribution in [2.45, 2.75) is 26.2 Å². The van der Waals surface area contributed by atoms with Crippen LogP contribution in [0.3, 0.4) is 0 Å². The first-order chi connectivity index (χ1) is 4.31. The van der Waals surface area contributed by atoms with Gasteiger partial charge in [-0.2, -0.15) is 0 Å². The van der Waals surface area contributed by atoms with Gasteiger partial charge in [0.25, 0.3) is 5.95 Å². The Morgan fingerprint density at radius 3 is 2.78 bits per heavy atom. The Labute approximate surface area is 56.1 Å². The Bertz CT molecular complexity index is 86.9. The van der Waals surface area contributed by atoms with Crippen molar-refractivity contribution in [1.82, 2.24) is 0 Å². The van der Waals surface area contributed by atoms with E-state index in [-0.39, 0.29) is 5.95 Å². The number of unbranched alkanes of at least 4 members (excludes halogenated alkanes) is 2. The highest BCUT2D eigenvalue weighted by Gasteiger charge is 1.85. The van der Waals surface area contributed by atoms with Crippen LogP contribution >= 0.6 is 0 Å². The number of hydrogen-bond donors (Lipinski definition) is 1. The van der Waals surface area contributed by atoms with Crippen LogP contribution in [0.4, 0.5) is 0 Å². The maximum absolute atomic E-state index is 8.72. The molecule has 0 saturated carbocycles. The molecule has 0 spiro atoms. The summed E-state index contributed by atoms with van der Waals surface area (Å²) in [5, 5.41) is 8.72. The fraction of sp³-hybridized carbons (Fsp3) is 0.714. The van der Waals surface area contributed by atoms with Crippen molar-refractivity contribution >= 4 is 0 Å². The molecule has 2 heteroatoms.